The van der Waals surface area contributed by atoms with E-state index in [1.54, 1.807) is 0 Å². The summed E-state index contributed by atoms with van der Waals surface area (Å²) >= 11 is 0. The lowest BCUT2D eigenvalue weighted by Gasteiger charge is -2.29. The number of esters is 1. The van der Waals surface area contributed by atoms with Crippen LogP contribution in [0.15, 0.2) is 54.6 Å². The fourth-order valence-electron chi connectivity index (χ4n) is 4.22. The minimum atomic E-state index is -0.217. The van der Waals surface area contributed by atoms with E-state index in [2.05, 4.69) is 45.3 Å². The number of quaternary nitrogens is 1. The average molecular weight is 469 g/mol. The van der Waals surface area contributed by atoms with Gasteiger partial charge in [0, 0.05) is 5.56 Å². The van der Waals surface area contributed by atoms with Crippen molar-refractivity contribution in [3.05, 3.63) is 65.7 Å². The van der Waals surface area contributed by atoms with E-state index < -0.39 is 0 Å². The van der Waals surface area contributed by atoms with E-state index in [4.69, 9.17) is 9.47 Å². The number of hydrogen-bond donors (Lipinski definition) is 0. The zero-order valence-corrected chi connectivity index (χ0v) is 21.8. The van der Waals surface area contributed by atoms with E-state index in [9.17, 15) is 4.79 Å². The molecule has 34 heavy (non-hydrogen) atoms. The Morgan fingerprint density at radius 3 is 2.15 bits per heavy atom. The highest BCUT2D eigenvalue weighted by Gasteiger charge is 2.18. The van der Waals surface area contributed by atoms with Gasteiger partial charge in [-0.2, -0.15) is 0 Å². The van der Waals surface area contributed by atoms with Crippen LogP contribution < -0.4 is 4.74 Å². The second-order valence-corrected chi connectivity index (χ2v) is 10.1. The summed E-state index contributed by atoms with van der Waals surface area (Å²) in [5.74, 6) is 0.548. The summed E-state index contributed by atoms with van der Waals surface area (Å²) in [4.78, 5) is 12.2. The zero-order chi connectivity index (χ0) is 24.5. The van der Waals surface area contributed by atoms with Gasteiger partial charge >= 0.3 is 5.97 Å². The molecule has 0 saturated heterocycles. The molecule has 0 heterocycles. The molecule has 0 radical (unpaired) electrons. The molecule has 0 aromatic heterocycles. The van der Waals surface area contributed by atoms with Gasteiger partial charge in [-0.3, -0.25) is 4.79 Å². The molecule has 0 bridgehead atoms. The third-order valence-corrected chi connectivity index (χ3v) is 6.29. The Hall–Kier alpha value is -2.33. The maximum atomic E-state index is 12.2. The first-order valence-corrected chi connectivity index (χ1v) is 13.2. The van der Waals surface area contributed by atoms with Crippen LogP contribution in [-0.2, 0) is 22.5 Å². The third-order valence-electron chi connectivity index (χ3n) is 6.29. The van der Waals surface area contributed by atoms with Gasteiger partial charge in [0.15, 0.2) is 0 Å². The van der Waals surface area contributed by atoms with Gasteiger partial charge in [0.05, 0.1) is 27.1 Å². The number of nitrogens with zero attached hydrogens (tertiary/aromatic N) is 1. The maximum Gasteiger partial charge on any atom is 0.314 e. The van der Waals surface area contributed by atoms with Crippen LogP contribution in [0.2, 0.25) is 0 Å². The fraction of sp³-hybridized carbons (Fsp3) is 0.567. The van der Waals surface area contributed by atoms with Gasteiger partial charge in [-0.05, 0) is 30.5 Å². The van der Waals surface area contributed by atoms with E-state index in [0.29, 0.717) is 6.42 Å². The summed E-state index contributed by atoms with van der Waals surface area (Å²) in [5.41, 5.74) is 2.55. The van der Waals surface area contributed by atoms with Crippen LogP contribution in [0.3, 0.4) is 0 Å². The summed E-state index contributed by atoms with van der Waals surface area (Å²) in [5, 5.41) is 0. The Morgan fingerprint density at radius 1 is 0.794 bits per heavy atom. The van der Waals surface area contributed by atoms with Gasteiger partial charge in [0.1, 0.15) is 12.3 Å². The second kappa shape index (κ2) is 16.3. The van der Waals surface area contributed by atoms with E-state index >= 15 is 0 Å². The van der Waals surface area contributed by atoms with Gasteiger partial charge in [0.25, 0.3) is 0 Å². The smallest absolute Gasteiger partial charge is 0.314 e. The first-order chi connectivity index (χ1) is 16.5. The highest BCUT2D eigenvalue weighted by molar-refractivity contribution is 5.69. The lowest BCUT2D eigenvalue weighted by molar-refractivity contribution is -0.903. The van der Waals surface area contributed by atoms with E-state index in [-0.39, 0.29) is 12.8 Å². The number of carbonyl (C=O) groups is 1. The van der Waals surface area contributed by atoms with Crippen molar-refractivity contribution in [1.29, 1.82) is 0 Å². The molecule has 0 N–H and O–H groups in total. The number of carbonyl (C=O) groups excluding carboxylic acids is 1. The second-order valence-electron chi connectivity index (χ2n) is 10.1. The van der Waals surface area contributed by atoms with Crippen molar-refractivity contribution in [2.24, 2.45) is 0 Å². The van der Waals surface area contributed by atoms with E-state index in [1.165, 1.54) is 68.9 Å². The Kier molecular flexibility index (Phi) is 13.4. The summed E-state index contributed by atoms with van der Waals surface area (Å²) < 4.78 is 11.7. The summed E-state index contributed by atoms with van der Waals surface area (Å²) in [7, 11) is 4.27. The minimum Gasteiger partial charge on any atom is -0.457 e. The van der Waals surface area contributed by atoms with Crippen LogP contribution in [0.5, 0.6) is 5.75 Å². The molecule has 4 nitrogen and oxygen atoms in total. The third kappa shape index (κ3) is 12.8. The number of rotatable bonds is 18. The first-order valence-electron chi connectivity index (χ1n) is 13.2. The highest BCUT2D eigenvalue weighted by Crippen LogP contribution is 2.17. The molecule has 0 unspecified atom stereocenters. The molecular weight excluding hydrogens is 422 g/mol. The average Bonchev–Trinajstić information content (AvgIpc) is 2.82. The molecular formula is C30H46NO3+. The fourth-order valence-corrected chi connectivity index (χ4v) is 4.22. The van der Waals surface area contributed by atoms with Crippen molar-refractivity contribution in [2.75, 3.05) is 27.4 Å². The van der Waals surface area contributed by atoms with Gasteiger partial charge in [-0.25, -0.2) is 0 Å². The van der Waals surface area contributed by atoms with Crippen LogP contribution in [0.4, 0.5) is 0 Å². The number of aryl methyl sites for hydroxylation is 1. The van der Waals surface area contributed by atoms with Crippen molar-refractivity contribution < 1.29 is 18.8 Å². The summed E-state index contributed by atoms with van der Waals surface area (Å²) in [6, 6.07) is 18.5. The number of hydrogen-bond acceptors (Lipinski definition) is 3. The Bertz CT molecular complexity index is 804. The molecule has 0 spiro atoms. The normalized spacial score (nSPS) is 11.4. The molecule has 188 valence electrons. The Balaban J connectivity index is 1.58. The zero-order valence-electron chi connectivity index (χ0n) is 21.8. The number of unbranched alkanes of at least 4 members (excludes halogenated alkanes) is 8. The lowest BCUT2D eigenvalue weighted by atomic mass is 10.0. The van der Waals surface area contributed by atoms with Gasteiger partial charge in [0.2, 0.25) is 6.79 Å². The highest BCUT2D eigenvalue weighted by atomic mass is 16.7. The number of ether oxygens (including phenoxy) is 2. The molecule has 0 fully saturated rings. The number of benzene rings is 2. The van der Waals surface area contributed by atoms with Crippen molar-refractivity contribution in [3.63, 3.8) is 0 Å². The predicted molar refractivity (Wildman–Crippen MR) is 141 cm³/mol. The monoisotopic (exact) mass is 468 g/mol. The Morgan fingerprint density at radius 2 is 1.44 bits per heavy atom. The predicted octanol–water partition coefficient (Wildman–Crippen LogP) is 7.31. The quantitative estimate of drug-likeness (QED) is 0.0996. The molecule has 0 aliphatic heterocycles. The van der Waals surface area contributed by atoms with Crippen molar-refractivity contribution in [1.82, 2.24) is 0 Å². The SMILES string of the molecule is CCCCCCCCCCCc1cccc(OCOC(=O)CC[N+](C)(C)Cc2ccccc2)c1. The van der Waals surface area contributed by atoms with Gasteiger partial charge < -0.3 is 14.0 Å². The van der Waals surface area contributed by atoms with Gasteiger partial charge in [-0.15, -0.1) is 0 Å². The summed E-state index contributed by atoms with van der Waals surface area (Å²) in [6.07, 6.45) is 13.5. The summed E-state index contributed by atoms with van der Waals surface area (Å²) in [6.45, 7) is 3.84. The molecule has 4 heteroatoms. The van der Waals surface area contributed by atoms with Crippen molar-refractivity contribution in [3.8, 4) is 5.75 Å². The van der Waals surface area contributed by atoms with E-state index in [0.717, 1.165) is 29.7 Å². The van der Waals surface area contributed by atoms with Gasteiger partial charge in [-0.1, -0.05) is 101 Å². The van der Waals surface area contributed by atoms with Crippen LogP contribution in [-0.4, -0.2) is 37.9 Å². The van der Waals surface area contributed by atoms with Crippen LogP contribution in [0, 0.1) is 0 Å². The molecule has 0 aliphatic rings. The maximum absolute atomic E-state index is 12.2. The minimum absolute atomic E-state index is 0.0353. The van der Waals surface area contributed by atoms with Crippen LogP contribution in [0.1, 0.15) is 82.3 Å². The van der Waals surface area contributed by atoms with E-state index in [1.807, 2.05) is 30.3 Å². The van der Waals surface area contributed by atoms with Crippen molar-refractivity contribution >= 4 is 5.97 Å². The first kappa shape index (κ1) is 27.9. The standard InChI is InChI=1S/C30H46NO3/c1-4-5-6-7-8-9-10-11-13-17-27-20-16-21-29(24-27)33-26-34-30(32)22-23-31(2,3)25-28-18-14-12-15-19-28/h12,14-16,18-21,24H,4-11,13,17,22-23,25-26H2,1-3H3/q+1. The molecule has 2 aromatic rings. The van der Waals surface area contributed by atoms with Crippen LogP contribution in [0.25, 0.3) is 0 Å². The largest absolute Gasteiger partial charge is 0.457 e. The Labute approximate surface area is 207 Å². The van der Waals surface area contributed by atoms with Crippen molar-refractivity contribution in [2.45, 2.75) is 84.1 Å². The lowest BCUT2D eigenvalue weighted by Crippen LogP contribution is -2.40. The molecule has 2 rings (SSSR count). The topological polar surface area (TPSA) is 35.5 Å². The molecule has 2 aromatic carbocycles. The molecule has 0 saturated carbocycles. The molecule has 0 atom stereocenters. The molecule has 0 amide bonds. The molecule has 0 aliphatic carbocycles. The van der Waals surface area contributed by atoms with Crippen LogP contribution >= 0.6 is 0 Å².